The molecule has 0 aromatic carbocycles. The number of allylic oxidation sites excluding steroid dienone is 1. The lowest BCUT2D eigenvalue weighted by atomic mass is 10.1. The molecule has 0 spiro atoms. The van der Waals surface area contributed by atoms with Gasteiger partial charge in [-0.05, 0) is 27.0 Å². The van der Waals surface area contributed by atoms with Crippen LogP contribution in [0.25, 0.3) is 0 Å². The van der Waals surface area contributed by atoms with E-state index in [-0.39, 0.29) is 6.04 Å². The second-order valence-corrected chi connectivity index (χ2v) is 3.86. The SMILES string of the molecule is C=N/C(N[C@H](C)COC)=C(/C)C(=N)CCC. The first kappa shape index (κ1) is 14.8. The lowest BCUT2D eigenvalue weighted by molar-refractivity contribution is 0.176. The minimum Gasteiger partial charge on any atom is -0.383 e. The van der Waals surface area contributed by atoms with Gasteiger partial charge in [-0.1, -0.05) is 13.3 Å². The molecule has 4 heteroatoms. The van der Waals surface area contributed by atoms with Crippen LogP contribution in [-0.2, 0) is 4.74 Å². The molecule has 0 aliphatic rings. The van der Waals surface area contributed by atoms with Crippen molar-refractivity contribution in [2.24, 2.45) is 4.99 Å². The summed E-state index contributed by atoms with van der Waals surface area (Å²) in [5, 5.41) is 11.0. The molecular weight excluding hydrogens is 202 g/mol. The Morgan fingerprint density at radius 1 is 1.56 bits per heavy atom. The maximum atomic E-state index is 7.86. The third-order valence-electron chi connectivity index (χ3n) is 2.27. The summed E-state index contributed by atoms with van der Waals surface area (Å²) in [4.78, 5) is 3.94. The lowest BCUT2D eigenvalue weighted by Crippen LogP contribution is -2.30. The van der Waals surface area contributed by atoms with Crippen molar-refractivity contribution in [2.45, 2.75) is 39.7 Å². The van der Waals surface area contributed by atoms with Crippen molar-refractivity contribution in [1.29, 1.82) is 5.41 Å². The number of aliphatic imine (C=N–C) groups is 1. The molecule has 0 bridgehead atoms. The quantitative estimate of drug-likeness (QED) is 0.623. The molecule has 92 valence electrons. The summed E-state index contributed by atoms with van der Waals surface area (Å²) in [5.74, 6) is 0.683. The zero-order chi connectivity index (χ0) is 12.6. The standard InChI is InChI=1S/C12H23N3O/c1-6-7-11(13)10(3)12(14-4)15-9(2)8-16-5/h9,13,15H,4,6-8H2,1-3,5H3/b12-10+,13-11?/t9-/m1/s1. The molecule has 0 unspecified atom stereocenters. The van der Waals surface area contributed by atoms with Crippen molar-refractivity contribution in [3.63, 3.8) is 0 Å². The van der Waals surface area contributed by atoms with Crippen molar-refractivity contribution >= 4 is 12.4 Å². The van der Waals surface area contributed by atoms with E-state index >= 15 is 0 Å². The highest BCUT2D eigenvalue weighted by atomic mass is 16.5. The van der Waals surface area contributed by atoms with E-state index in [0.29, 0.717) is 18.1 Å². The fourth-order valence-electron chi connectivity index (χ4n) is 1.38. The molecule has 0 heterocycles. The summed E-state index contributed by atoms with van der Waals surface area (Å²) in [6, 6.07) is 0.162. The summed E-state index contributed by atoms with van der Waals surface area (Å²) in [7, 11) is 1.66. The van der Waals surface area contributed by atoms with E-state index in [0.717, 1.165) is 18.4 Å². The van der Waals surface area contributed by atoms with E-state index in [9.17, 15) is 0 Å². The molecule has 2 N–H and O–H groups in total. The maximum absolute atomic E-state index is 7.86. The monoisotopic (exact) mass is 225 g/mol. The van der Waals surface area contributed by atoms with Gasteiger partial charge in [0.1, 0.15) is 5.82 Å². The summed E-state index contributed by atoms with van der Waals surface area (Å²) >= 11 is 0. The molecule has 0 aromatic heterocycles. The number of ether oxygens (including phenoxy) is 1. The van der Waals surface area contributed by atoms with Crippen molar-refractivity contribution in [3.8, 4) is 0 Å². The summed E-state index contributed by atoms with van der Waals surface area (Å²) in [6.07, 6.45) is 1.74. The van der Waals surface area contributed by atoms with Gasteiger partial charge in [-0.2, -0.15) is 0 Å². The molecule has 0 amide bonds. The molecule has 0 radical (unpaired) electrons. The Hall–Kier alpha value is -1.16. The first-order valence-corrected chi connectivity index (χ1v) is 5.57. The number of hydrogen-bond acceptors (Lipinski definition) is 4. The van der Waals surface area contributed by atoms with E-state index in [4.69, 9.17) is 10.1 Å². The number of rotatable bonds is 8. The van der Waals surface area contributed by atoms with Crippen LogP contribution in [0.15, 0.2) is 16.4 Å². The van der Waals surface area contributed by atoms with Gasteiger partial charge in [-0.25, -0.2) is 4.99 Å². The summed E-state index contributed by atoms with van der Waals surface area (Å²) in [5.41, 5.74) is 1.47. The largest absolute Gasteiger partial charge is 0.383 e. The second-order valence-electron chi connectivity index (χ2n) is 3.86. The highest BCUT2D eigenvalue weighted by Crippen LogP contribution is 2.08. The number of nitrogens with zero attached hydrogens (tertiary/aromatic N) is 1. The van der Waals surface area contributed by atoms with Gasteiger partial charge in [-0.15, -0.1) is 0 Å². The molecule has 1 atom stereocenters. The van der Waals surface area contributed by atoms with Gasteiger partial charge < -0.3 is 15.5 Å². The molecule has 0 aliphatic carbocycles. The molecule has 0 fully saturated rings. The van der Waals surface area contributed by atoms with Crippen LogP contribution < -0.4 is 5.32 Å². The van der Waals surface area contributed by atoms with Gasteiger partial charge in [0.15, 0.2) is 0 Å². The highest BCUT2D eigenvalue weighted by Gasteiger charge is 2.08. The topological polar surface area (TPSA) is 57.5 Å². The third-order valence-corrected chi connectivity index (χ3v) is 2.27. The van der Waals surface area contributed by atoms with Gasteiger partial charge in [0, 0.05) is 24.4 Å². The molecule has 4 nitrogen and oxygen atoms in total. The van der Waals surface area contributed by atoms with Crippen LogP contribution in [0.5, 0.6) is 0 Å². The van der Waals surface area contributed by atoms with Gasteiger partial charge >= 0.3 is 0 Å². The van der Waals surface area contributed by atoms with Crippen LogP contribution in [0.3, 0.4) is 0 Å². The Balaban J connectivity index is 4.61. The molecule has 16 heavy (non-hydrogen) atoms. The van der Waals surface area contributed by atoms with Crippen LogP contribution in [0.4, 0.5) is 0 Å². The molecular formula is C12H23N3O. The number of hydrogen-bond donors (Lipinski definition) is 2. The summed E-state index contributed by atoms with van der Waals surface area (Å²) in [6.45, 7) is 10.1. The average molecular weight is 225 g/mol. The van der Waals surface area contributed by atoms with Gasteiger partial charge in [0.05, 0.1) is 6.61 Å². The van der Waals surface area contributed by atoms with Crippen LogP contribution in [0.1, 0.15) is 33.6 Å². The van der Waals surface area contributed by atoms with Crippen molar-refractivity contribution in [3.05, 3.63) is 11.4 Å². The Labute approximate surface area is 98.3 Å². The minimum atomic E-state index is 0.162. The molecule has 0 saturated heterocycles. The first-order valence-electron chi connectivity index (χ1n) is 5.57. The van der Waals surface area contributed by atoms with Crippen molar-refractivity contribution in [2.75, 3.05) is 13.7 Å². The zero-order valence-electron chi connectivity index (χ0n) is 10.8. The third kappa shape index (κ3) is 5.07. The average Bonchev–Trinajstić information content (AvgIpc) is 2.25. The Kier molecular flexibility index (Phi) is 7.46. The fraction of sp³-hybridized carbons (Fsp3) is 0.667. The molecule has 0 aliphatic heterocycles. The Morgan fingerprint density at radius 3 is 2.62 bits per heavy atom. The van der Waals surface area contributed by atoms with Crippen molar-refractivity contribution in [1.82, 2.24) is 5.32 Å². The van der Waals surface area contributed by atoms with Gasteiger partial charge in [0.25, 0.3) is 0 Å². The van der Waals surface area contributed by atoms with Crippen molar-refractivity contribution < 1.29 is 4.74 Å². The first-order chi connectivity index (χ1) is 7.56. The predicted octanol–water partition coefficient (Wildman–Crippen LogP) is 2.36. The fourth-order valence-corrected chi connectivity index (χ4v) is 1.38. The Bertz CT molecular complexity index is 271. The Morgan fingerprint density at radius 2 is 2.19 bits per heavy atom. The van der Waals surface area contributed by atoms with Crippen LogP contribution in [0.2, 0.25) is 0 Å². The van der Waals surface area contributed by atoms with E-state index in [1.165, 1.54) is 0 Å². The van der Waals surface area contributed by atoms with Crippen LogP contribution in [0, 0.1) is 5.41 Å². The summed E-state index contributed by atoms with van der Waals surface area (Å²) < 4.78 is 5.04. The number of methoxy groups -OCH3 is 1. The predicted molar refractivity (Wildman–Crippen MR) is 69.4 cm³/mol. The number of nitrogens with one attached hydrogen (secondary N) is 2. The zero-order valence-corrected chi connectivity index (χ0v) is 10.8. The smallest absolute Gasteiger partial charge is 0.130 e. The van der Waals surface area contributed by atoms with E-state index in [1.807, 2.05) is 13.8 Å². The molecule has 0 aromatic rings. The van der Waals surface area contributed by atoms with E-state index < -0.39 is 0 Å². The van der Waals surface area contributed by atoms with Gasteiger partial charge in [-0.3, -0.25) is 0 Å². The lowest BCUT2D eigenvalue weighted by Gasteiger charge is -2.16. The maximum Gasteiger partial charge on any atom is 0.130 e. The highest BCUT2D eigenvalue weighted by molar-refractivity contribution is 5.97. The van der Waals surface area contributed by atoms with E-state index in [2.05, 4.69) is 24.0 Å². The minimum absolute atomic E-state index is 0.162. The van der Waals surface area contributed by atoms with Crippen LogP contribution in [-0.4, -0.2) is 32.2 Å². The second kappa shape index (κ2) is 8.05. The molecule has 0 rings (SSSR count). The van der Waals surface area contributed by atoms with Gasteiger partial charge in [0.2, 0.25) is 0 Å². The van der Waals surface area contributed by atoms with Crippen LogP contribution >= 0.6 is 0 Å². The molecule has 0 saturated carbocycles. The normalized spacial score (nSPS) is 14.0. The van der Waals surface area contributed by atoms with E-state index in [1.54, 1.807) is 7.11 Å².